The van der Waals surface area contributed by atoms with Crippen LogP contribution >= 0.6 is 0 Å². The highest BCUT2D eigenvalue weighted by Crippen LogP contribution is 2.26. The molecule has 0 saturated carbocycles. The second-order valence-corrected chi connectivity index (χ2v) is 9.54. The molecule has 2 heterocycles. The molecule has 1 N–H and O–H groups in total. The highest BCUT2D eigenvalue weighted by atomic mass is 16.6. The highest BCUT2D eigenvalue weighted by molar-refractivity contribution is 5.70. The van der Waals surface area contributed by atoms with E-state index in [2.05, 4.69) is 15.6 Å². The highest BCUT2D eigenvalue weighted by Gasteiger charge is 2.36. The third-order valence-corrected chi connectivity index (χ3v) is 5.66. The number of hydrogen-bond donors (Lipinski definition) is 1. The first kappa shape index (κ1) is 24.3. The molecule has 0 aliphatic carbocycles. The number of aromatic nitrogens is 3. The van der Waals surface area contributed by atoms with E-state index in [1.807, 2.05) is 87.6 Å². The van der Waals surface area contributed by atoms with E-state index in [0.29, 0.717) is 13.0 Å². The second-order valence-electron chi connectivity index (χ2n) is 9.54. The van der Waals surface area contributed by atoms with Gasteiger partial charge in [-0.2, -0.15) is 0 Å². The van der Waals surface area contributed by atoms with Crippen LogP contribution in [0.1, 0.15) is 38.8 Å². The minimum atomic E-state index is -0.643. The number of carbonyl (C=O) groups excluding carboxylic acids is 2. The van der Waals surface area contributed by atoms with Gasteiger partial charge in [0.05, 0.1) is 18.3 Å². The van der Waals surface area contributed by atoms with E-state index >= 15 is 0 Å². The molecule has 35 heavy (non-hydrogen) atoms. The van der Waals surface area contributed by atoms with Gasteiger partial charge in [-0.15, -0.1) is 5.10 Å². The quantitative estimate of drug-likeness (QED) is 0.584. The van der Waals surface area contributed by atoms with Gasteiger partial charge in [-0.25, -0.2) is 14.3 Å². The van der Waals surface area contributed by atoms with E-state index in [4.69, 9.17) is 9.47 Å². The number of amides is 2. The van der Waals surface area contributed by atoms with Crippen molar-refractivity contribution >= 4 is 12.2 Å². The van der Waals surface area contributed by atoms with E-state index in [9.17, 15) is 9.59 Å². The van der Waals surface area contributed by atoms with E-state index in [1.165, 1.54) is 0 Å². The number of nitrogens with zero attached hydrogens (tertiary/aromatic N) is 4. The molecule has 1 aliphatic rings. The summed E-state index contributed by atoms with van der Waals surface area (Å²) in [6.07, 6.45) is 1.47. The molecule has 0 bridgehead atoms. The maximum Gasteiger partial charge on any atom is 0.410 e. The lowest BCUT2D eigenvalue weighted by Crippen LogP contribution is -2.55. The Hall–Kier alpha value is -3.88. The van der Waals surface area contributed by atoms with E-state index in [1.54, 1.807) is 9.58 Å². The van der Waals surface area contributed by atoms with Gasteiger partial charge in [0.25, 0.3) is 0 Å². The van der Waals surface area contributed by atoms with Crippen molar-refractivity contribution in [1.29, 1.82) is 0 Å². The van der Waals surface area contributed by atoms with Gasteiger partial charge in [-0.1, -0.05) is 65.9 Å². The lowest BCUT2D eigenvalue weighted by molar-refractivity contribution is 0.0393. The number of ether oxygens (including phenoxy) is 2. The summed E-state index contributed by atoms with van der Waals surface area (Å²) in [5.41, 5.74) is 1.97. The first-order chi connectivity index (χ1) is 16.8. The molecule has 2 aromatic carbocycles. The molecular formula is C26H31N5O4. The average Bonchev–Trinajstić information content (AvgIpc) is 3.32. The normalized spacial score (nSPS) is 18.1. The molecular weight excluding hydrogens is 446 g/mol. The first-order valence-corrected chi connectivity index (χ1v) is 11.7. The van der Waals surface area contributed by atoms with Gasteiger partial charge >= 0.3 is 12.2 Å². The molecule has 1 aliphatic heterocycles. The molecule has 2 atom stereocenters. The third-order valence-electron chi connectivity index (χ3n) is 5.66. The van der Waals surface area contributed by atoms with E-state index in [-0.39, 0.29) is 19.2 Å². The zero-order chi connectivity index (χ0) is 24.8. The van der Waals surface area contributed by atoms with Gasteiger partial charge in [0.1, 0.15) is 17.9 Å². The second kappa shape index (κ2) is 10.6. The summed E-state index contributed by atoms with van der Waals surface area (Å²) in [7, 11) is 0. The van der Waals surface area contributed by atoms with Gasteiger partial charge in [0, 0.05) is 18.7 Å². The fraction of sp³-hybridized carbons (Fsp3) is 0.385. The maximum absolute atomic E-state index is 12.8. The molecule has 0 radical (unpaired) electrons. The van der Waals surface area contributed by atoms with Crippen LogP contribution < -0.4 is 5.32 Å². The molecule has 0 spiro atoms. The van der Waals surface area contributed by atoms with Crippen molar-refractivity contribution in [2.24, 2.45) is 0 Å². The number of alkyl carbamates (subject to hydrolysis) is 1. The van der Waals surface area contributed by atoms with Crippen molar-refractivity contribution in [3.05, 3.63) is 72.4 Å². The SMILES string of the molecule is CC(C)(C)OC(=O)N[C@H]1CN(C(=O)OCc2ccccc2)CC[C@@H]1n1cc(-c2ccccc2)nn1. The summed E-state index contributed by atoms with van der Waals surface area (Å²) >= 11 is 0. The Labute approximate surface area is 205 Å². The fourth-order valence-corrected chi connectivity index (χ4v) is 4.01. The molecule has 1 aromatic heterocycles. The van der Waals surface area contributed by atoms with Crippen molar-refractivity contribution in [3.63, 3.8) is 0 Å². The summed E-state index contributed by atoms with van der Waals surface area (Å²) in [6.45, 7) is 6.34. The van der Waals surface area contributed by atoms with Crippen LogP contribution in [-0.2, 0) is 16.1 Å². The predicted octanol–water partition coefficient (Wildman–Crippen LogP) is 4.42. The molecule has 1 saturated heterocycles. The van der Waals surface area contributed by atoms with Gasteiger partial charge in [0.15, 0.2) is 0 Å². The van der Waals surface area contributed by atoms with Crippen molar-refractivity contribution in [1.82, 2.24) is 25.2 Å². The largest absolute Gasteiger partial charge is 0.445 e. The summed E-state index contributed by atoms with van der Waals surface area (Å²) < 4.78 is 12.7. The molecule has 184 valence electrons. The summed E-state index contributed by atoms with van der Waals surface area (Å²) in [5.74, 6) is 0. The lowest BCUT2D eigenvalue weighted by Gasteiger charge is -2.38. The Morgan fingerprint density at radius 2 is 1.74 bits per heavy atom. The van der Waals surface area contributed by atoms with E-state index < -0.39 is 23.8 Å². The molecule has 9 nitrogen and oxygen atoms in total. The fourth-order valence-electron chi connectivity index (χ4n) is 4.01. The Balaban J connectivity index is 1.48. The topological polar surface area (TPSA) is 98.6 Å². The van der Waals surface area contributed by atoms with Gasteiger partial charge < -0.3 is 19.7 Å². The van der Waals surface area contributed by atoms with Gasteiger partial charge in [-0.05, 0) is 32.8 Å². The minimum Gasteiger partial charge on any atom is -0.445 e. The standard InChI is InChI=1S/C26H31N5O4/c1-26(2,3)35-24(32)27-22-16-30(25(33)34-18-19-10-6-4-7-11-19)15-14-23(22)31-17-21(28-29-31)20-12-8-5-9-13-20/h4-13,17,22-23H,14-16,18H2,1-3H3,(H,27,32)/t22-,23-/m0/s1. The van der Waals surface area contributed by atoms with Crippen molar-refractivity contribution < 1.29 is 19.1 Å². The van der Waals surface area contributed by atoms with Crippen LogP contribution in [0.2, 0.25) is 0 Å². The monoisotopic (exact) mass is 477 g/mol. The number of piperidine rings is 1. The number of hydrogen-bond acceptors (Lipinski definition) is 6. The van der Waals surface area contributed by atoms with Gasteiger partial charge in [-0.3, -0.25) is 0 Å². The number of nitrogens with one attached hydrogen (secondary N) is 1. The van der Waals surface area contributed by atoms with Crippen LogP contribution in [0.15, 0.2) is 66.9 Å². The molecule has 9 heteroatoms. The van der Waals surface area contributed by atoms with Crippen molar-refractivity contribution in [3.8, 4) is 11.3 Å². The Kier molecular flexibility index (Phi) is 7.33. The van der Waals surface area contributed by atoms with Gasteiger partial charge in [0.2, 0.25) is 0 Å². The van der Waals surface area contributed by atoms with Crippen molar-refractivity contribution in [2.45, 2.75) is 51.5 Å². The lowest BCUT2D eigenvalue weighted by atomic mass is 9.99. The van der Waals surface area contributed by atoms with Crippen LogP contribution in [0.4, 0.5) is 9.59 Å². The number of benzene rings is 2. The Bertz CT molecular complexity index is 1130. The average molecular weight is 478 g/mol. The van der Waals surface area contributed by atoms with Crippen molar-refractivity contribution in [2.75, 3.05) is 13.1 Å². The Morgan fingerprint density at radius 3 is 2.43 bits per heavy atom. The predicted molar refractivity (Wildman–Crippen MR) is 130 cm³/mol. The van der Waals surface area contributed by atoms with Crippen LogP contribution in [0.3, 0.4) is 0 Å². The number of carbonyl (C=O) groups is 2. The number of rotatable bonds is 5. The van der Waals surface area contributed by atoms with Crippen LogP contribution in [0.5, 0.6) is 0 Å². The minimum absolute atomic E-state index is 0.188. The van der Waals surface area contributed by atoms with Crippen LogP contribution in [0, 0.1) is 0 Å². The van der Waals surface area contributed by atoms with Crippen LogP contribution in [0.25, 0.3) is 11.3 Å². The zero-order valence-electron chi connectivity index (χ0n) is 20.3. The Morgan fingerprint density at radius 1 is 1.06 bits per heavy atom. The first-order valence-electron chi connectivity index (χ1n) is 11.7. The molecule has 3 aromatic rings. The summed E-state index contributed by atoms with van der Waals surface area (Å²) in [6, 6.07) is 18.7. The molecule has 1 fully saturated rings. The zero-order valence-corrected chi connectivity index (χ0v) is 20.3. The summed E-state index contributed by atoms with van der Waals surface area (Å²) in [4.78, 5) is 27.0. The third kappa shape index (κ3) is 6.59. The number of likely N-dealkylation sites (tertiary alicyclic amines) is 1. The molecule has 0 unspecified atom stereocenters. The summed E-state index contributed by atoms with van der Waals surface area (Å²) in [5, 5.41) is 11.6. The molecule has 4 rings (SSSR count). The smallest absolute Gasteiger partial charge is 0.410 e. The van der Waals surface area contributed by atoms with E-state index in [0.717, 1.165) is 16.8 Å². The molecule has 2 amide bonds. The maximum atomic E-state index is 12.8. The van der Waals surface area contributed by atoms with Crippen LogP contribution in [-0.4, -0.2) is 56.8 Å².